The quantitative estimate of drug-likeness (QED) is 0.873. The van der Waals surface area contributed by atoms with Gasteiger partial charge in [0.2, 0.25) is 0 Å². The molecule has 0 aromatic heterocycles. The van der Waals surface area contributed by atoms with Gasteiger partial charge in [0.1, 0.15) is 5.82 Å². The molecule has 17 heavy (non-hydrogen) atoms. The van der Waals surface area contributed by atoms with Gasteiger partial charge in [-0.1, -0.05) is 13.8 Å². The smallest absolute Gasteiger partial charge is 0.319 e. The van der Waals surface area contributed by atoms with Crippen molar-refractivity contribution >= 4 is 27.6 Å². The highest BCUT2D eigenvalue weighted by molar-refractivity contribution is 9.10. The summed E-state index contributed by atoms with van der Waals surface area (Å²) in [5.74, 6) is 0.204. The van der Waals surface area contributed by atoms with E-state index in [0.29, 0.717) is 22.6 Å². The zero-order chi connectivity index (χ0) is 12.8. The van der Waals surface area contributed by atoms with E-state index < -0.39 is 0 Å². The topological polar surface area (TPSA) is 41.1 Å². The summed E-state index contributed by atoms with van der Waals surface area (Å²) in [6.07, 6.45) is 0.929. The predicted molar refractivity (Wildman–Crippen MR) is 70.6 cm³/mol. The Hall–Kier alpha value is -1.10. The van der Waals surface area contributed by atoms with Crippen LogP contribution < -0.4 is 10.6 Å². The van der Waals surface area contributed by atoms with Crippen molar-refractivity contribution in [3.63, 3.8) is 0 Å². The summed E-state index contributed by atoms with van der Waals surface area (Å²) >= 11 is 3.18. The Labute approximate surface area is 109 Å². The maximum Gasteiger partial charge on any atom is 0.319 e. The first-order chi connectivity index (χ1) is 7.99. The van der Waals surface area contributed by atoms with Gasteiger partial charge in [-0.25, -0.2) is 9.18 Å². The molecule has 1 aromatic carbocycles. The van der Waals surface area contributed by atoms with E-state index in [2.05, 4.69) is 40.4 Å². The van der Waals surface area contributed by atoms with Crippen molar-refractivity contribution in [3.8, 4) is 0 Å². The van der Waals surface area contributed by atoms with E-state index in [1.54, 1.807) is 0 Å². The first-order valence-corrected chi connectivity index (χ1v) is 6.28. The second-order valence-electron chi connectivity index (χ2n) is 4.19. The third-order valence-electron chi connectivity index (χ3n) is 2.19. The maximum absolute atomic E-state index is 12.8. The molecule has 0 aliphatic rings. The highest BCUT2D eigenvalue weighted by Gasteiger charge is 2.05. The number of hydrogen-bond donors (Lipinski definition) is 2. The Kier molecular flexibility index (Phi) is 5.41. The van der Waals surface area contributed by atoms with E-state index in [1.165, 1.54) is 18.2 Å². The molecule has 94 valence electrons. The van der Waals surface area contributed by atoms with Crippen molar-refractivity contribution < 1.29 is 9.18 Å². The lowest BCUT2D eigenvalue weighted by molar-refractivity contribution is 0.251. The van der Waals surface area contributed by atoms with Gasteiger partial charge in [-0.05, 0) is 46.5 Å². The average Bonchev–Trinajstić information content (AvgIpc) is 2.21. The number of nitrogens with one attached hydrogen (secondary N) is 2. The second kappa shape index (κ2) is 6.59. The van der Waals surface area contributed by atoms with E-state index in [0.717, 1.165) is 6.42 Å². The van der Waals surface area contributed by atoms with E-state index in [9.17, 15) is 9.18 Å². The number of rotatable bonds is 4. The van der Waals surface area contributed by atoms with Gasteiger partial charge in [-0.3, -0.25) is 0 Å². The molecule has 0 saturated heterocycles. The fourth-order valence-corrected chi connectivity index (χ4v) is 1.68. The summed E-state index contributed by atoms with van der Waals surface area (Å²) in [5.41, 5.74) is 0.549. The largest absolute Gasteiger partial charge is 0.338 e. The molecule has 0 bridgehead atoms. The van der Waals surface area contributed by atoms with E-state index in [4.69, 9.17) is 0 Å². The van der Waals surface area contributed by atoms with Crippen LogP contribution in [0.4, 0.5) is 14.9 Å². The molecule has 0 spiro atoms. The molecule has 1 aromatic rings. The lowest BCUT2D eigenvalue weighted by Crippen LogP contribution is -2.30. The van der Waals surface area contributed by atoms with Crippen molar-refractivity contribution in [2.45, 2.75) is 20.3 Å². The summed E-state index contributed by atoms with van der Waals surface area (Å²) < 4.78 is 13.3. The molecular weight excluding hydrogens is 287 g/mol. The fourth-order valence-electron chi connectivity index (χ4n) is 1.23. The number of amides is 2. The number of urea groups is 1. The van der Waals surface area contributed by atoms with Crippen LogP contribution in [0.5, 0.6) is 0 Å². The summed E-state index contributed by atoms with van der Waals surface area (Å²) in [6, 6.07) is 3.84. The standard InChI is InChI=1S/C12H16BrFN2O/c1-8(2)5-6-15-12(17)16-11-4-3-9(14)7-10(11)13/h3-4,7-8H,5-6H2,1-2H3,(H2,15,16,17). The molecule has 5 heteroatoms. The van der Waals surface area contributed by atoms with Crippen LogP contribution in [-0.4, -0.2) is 12.6 Å². The molecule has 0 fully saturated rings. The van der Waals surface area contributed by atoms with Crippen LogP contribution in [0.3, 0.4) is 0 Å². The van der Waals surface area contributed by atoms with Gasteiger partial charge in [-0.15, -0.1) is 0 Å². The molecule has 2 amide bonds. The van der Waals surface area contributed by atoms with Crippen LogP contribution >= 0.6 is 15.9 Å². The third-order valence-corrected chi connectivity index (χ3v) is 2.84. The lowest BCUT2D eigenvalue weighted by atomic mass is 10.1. The number of halogens is 2. The minimum absolute atomic E-state index is 0.280. The lowest BCUT2D eigenvalue weighted by Gasteiger charge is -2.10. The van der Waals surface area contributed by atoms with Gasteiger partial charge in [0, 0.05) is 11.0 Å². The molecule has 0 aliphatic heterocycles. The van der Waals surface area contributed by atoms with Crippen LogP contribution in [0, 0.1) is 11.7 Å². The first kappa shape index (κ1) is 14.0. The highest BCUT2D eigenvalue weighted by Crippen LogP contribution is 2.22. The van der Waals surface area contributed by atoms with Crippen LogP contribution in [0.25, 0.3) is 0 Å². The molecule has 0 saturated carbocycles. The van der Waals surface area contributed by atoms with E-state index in [-0.39, 0.29) is 11.8 Å². The van der Waals surface area contributed by atoms with Crippen LogP contribution in [0.15, 0.2) is 22.7 Å². The Morgan fingerprint density at radius 2 is 2.18 bits per heavy atom. The SMILES string of the molecule is CC(C)CCNC(=O)Nc1ccc(F)cc1Br. The monoisotopic (exact) mass is 302 g/mol. The summed E-state index contributed by atoms with van der Waals surface area (Å²) in [7, 11) is 0. The van der Waals surface area contributed by atoms with Crippen molar-refractivity contribution in [2.75, 3.05) is 11.9 Å². The molecule has 2 N–H and O–H groups in total. The van der Waals surface area contributed by atoms with Gasteiger partial charge in [0.25, 0.3) is 0 Å². The summed E-state index contributed by atoms with van der Waals surface area (Å²) in [5, 5.41) is 5.39. The van der Waals surface area contributed by atoms with E-state index >= 15 is 0 Å². The van der Waals surface area contributed by atoms with Crippen molar-refractivity contribution in [1.82, 2.24) is 5.32 Å². The van der Waals surface area contributed by atoms with Gasteiger partial charge < -0.3 is 10.6 Å². The zero-order valence-corrected chi connectivity index (χ0v) is 11.5. The Morgan fingerprint density at radius 3 is 2.76 bits per heavy atom. The van der Waals surface area contributed by atoms with Gasteiger partial charge in [-0.2, -0.15) is 0 Å². The van der Waals surface area contributed by atoms with E-state index in [1.807, 2.05) is 0 Å². The minimum Gasteiger partial charge on any atom is -0.338 e. The Bertz CT molecular complexity index is 396. The fraction of sp³-hybridized carbons (Fsp3) is 0.417. The van der Waals surface area contributed by atoms with Gasteiger partial charge >= 0.3 is 6.03 Å². The number of hydrogen-bond acceptors (Lipinski definition) is 1. The Morgan fingerprint density at radius 1 is 1.47 bits per heavy atom. The van der Waals surface area contributed by atoms with Gasteiger partial charge in [0.05, 0.1) is 5.69 Å². The summed E-state index contributed by atoms with van der Waals surface area (Å²) in [6.45, 7) is 4.81. The molecule has 0 atom stereocenters. The minimum atomic E-state index is -0.345. The number of carbonyl (C=O) groups is 1. The average molecular weight is 303 g/mol. The van der Waals surface area contributed by atoms with Crippen molar-refractivity contribution in [2.24, 2.45) is 5.92 Å². The maximum atomic E-state index is 12.8. The van der Waals surface area contributed by atoms with Crippen LogP contribution in [-0.2, 0) is 0 Å². The molecule has 0 heterocycles. The highest BCUT2D eigenvalue weighted by atomic mass is 79.9. The zero-order valence-electron chi connectivity index (χ0n) is 9.89. The van der Waals surface area contributed by atoms with Gasteiger partial charge in [0.15, 0.2) is 0 Å². The molecular formula is C12H16BrFN2O. The summed E-state index contributed by atoms with van der Waals surface area (Å²) in [4.78, 5) is 11.5. The first-order valence-electron chi connectivity index (χ1n) is 5.49. The predicted octanol–water partition coefficient (Wildman–Crippen LogP) is 3.76. The van der Waals surface area contributed by atoms with Crippen molar-refractivity contribution in [1.29, 1.82) is 0 Å². The third kappa shape index (κ3) is 5.17. The normalized spacial score (nSPS) is 10.4. The van der Waals surface area contributed by atoms with Crippen LogP contribution in [0.1, 0.15) is 20.3 Å². The Balaban J connectivity index is 2.45. The second-order valence-corrected chi connectivity index (χ2v) is 5.04. The molecule has 0 radical (unpaired) electrons. The molecule has 0 aliphatic carbocycles. The van der Waals surface area contributed by atoms with Crippen molar-refractivity contribution in [3.05, 3.63) is 28.5 Å². The van der Waals surface area contributed by atoms with Crippen LogP contribution in [0.2, 0.25) is 0 Å². The molecule has 0 unspecified atom stereocenters. The number of benzene rings is 1. The number of anilines is 1. The molecule has 3 nitrogen and oxygen atoms in total. The molecule has 1 rings (SSSR count). The number of carbonyl (C=O) groups excluding carboxylic acids is 1.